The van der Waals surface area contributed by atoms with E-state index in [1.54, 1.807) is 32.2 Å². The average molecular weight is 355 g/mol. The maximum atomic E-state index is 12.0. The molecule has 0 saturated heterocycles. The van der Waals surface area contributed by atoms with Crippen LogP contribution in [0.5, 0.6) is 0 Å². The van der Waals surface area contributed by atoms with Crippen LogP contribution in [-0.4, -0.2) is 43.9 Å². The molecule has 1 aliphatic rings. The molecule has 1 aliphatic heterocycles. The zero-order valence-corrected chi connectivity index (χ0v) is 13.3. The minimum absolute atomic E-state index is 0.172. The molecule has 2 amide bonds. The molecule has 112 valence electrons. The summed E-state index contributed by atoms with van der Waals surface area (Å²) >= 11 is 3.31. The molecule has 1 unspecified atom stereocenters. The third-order valence-corrected chi connectivity index (χ3v) is 3.71. The van der Waals surface area contributed by atoms with E-state index in [0.717, 1.165) is 0 Å². The van der Waals surface area contributed by atoms with Crippen LogP contribution < -0.4 is 10.2 Å². The Morgan fingerprint density at radius 3 is 2.81 bits per heavy atom. The van der Waals surface area contributed by atoms with Crippen molar-refractivity contribution in [3.05, 3.63) is 28.2 Å². The Balaban J connectivity index is 2.17. The predicted molar refractivity (Wildman–Crippen MR) is 80.3 cm³/mol. The van der Waals surface area contributed by atoms with Gasteiger partial charge in [0.15, 0.2) is 0 Å². The van der Waals surface area contributed by atoms with Crippen molar-refractivity contribution in [2.75, 3.05) is 25.2 Å². The van der Waals surface area contributed by atoms with Crippen LogP contribution in [0.4, 0.5) is 5.69 Å². The third kappa shape index (κ3) is 3.14. The Labute approximate surface area is 130 Å². The van der Waals surface area contributed by atoms with E-state index < -0.39 is 11.7 Å². The number of ketones is 1. The van der Waals surface area contributed by atoms with Gasteiger partial charge in [0, 0.05) is 17.6 Å². The van der Waals surface area contributed by atoms with Gasteiger partial charge in [-0.05, 0) is 35.0 Å². The normalized spacial score (nSPS) is 15.1. The Bertz CT molecular complexity index is 603. The topological polar surface area (TPSA) is 75.7 Å². The predicted octanol–water partition coefficient (Wildman–Crippen LogP) is 1.13. The lowest BCUT2D eigenvalue weighted by Gasteiger charge is -2.19. The van der Waals surface area contributed by atoms with Crippen LogP contribution in [0.15, 0.2) is 22.7 Å². The highest BCUT2D eigenvalue weighted by atomic mass is 79.9. The quantitative estimate of drug-likeness (QED) is 0.804. The summed E-state index contributed by atoms with van der Waals surface area (Å²) in [5.74, 6) is -1.63. The van der Waals surface area contributed by atoms with Gasteiger partial charge in [0.1, 0.15) is 6.54 Å². The number of nitrogens with one attached hydrogen (secondary N) is 1. The van der Waals surface area contributed by atoms with Gasteiger partial charge in [-0.1, -0.05) is 6.07 Å². The first-order chi connectivity index (χ1) is 9.95. The molecule has 1 aromatic rings. The van der Waals surface area contributed by atoms with Gasteiger partial charge in [-0.2, -0.15) is 0 Å². The molecule has 0 spiro atoms. The summed E-state index contributed by atoms with van der Waals surface area (Å²) in [7, 11) is 1.54. The van der Waals surface area contributed by atoms with Crippen molar-refractivity contribution in [2.24, 2.45) is 0 Å². The van der Waals surface area contributed by atoms with Crippen LogP contribution in [0.25, 0.3) is 0 Å². The largest absolute Gasteiger partial charge is 0.383 e. The molecule has 7 heteroatoms. The summed E-state index contributed by atoms with van der Waals surface area (Å²) in [4.78, 5) is 37.1. The van der Waals surface area contributed by atoms with Crippen LogP contribution in [0, 0.1) is 0 Å². The number of hydrogen-bond acceptors (Lipinski definition) is 4. The first-order valence-corrected chi connectivity index (χ1v) is 7.18. The maximum Gasteiger partial charge on any atom is 0.299 e. The van der Waals surface area contributed by atoms with Crippen molar-refractivity contribution in [1.29, 1.82) is 0 Å². The molecule has 0 aromatic heterocycles. The fourth-order valence-corrected chi connectivity index (χ4v) is 2.80. The Morgan fingerprint density at radius 2 is 2.14 bits per heavy atom. The highest BCUT2D eigenvalue weighted by Gasteiger charge is 2.38. The number of fused-ring (bicyclic) bond motifs is 1. The number of nitrogens with zero attached hydrogens (tertiary/aromatic N) is 1. The molecule has 1 atom stereocenters. The number of para-hydroxylation sites is 1. The molecule has 0 fully saturated rings. The number of amides is 2. The second-order valence-corrected chi connectivity index (χ2v) is 5.63. The van der Waals surface area contributed by atoms with Gasteiger partial charge in [0.2, 0.25) is 5.91 Å². The molecular weight excluding hydrogens is 340 g/mol. The van der Waals surface area contributed by atoms with Gasteiger partial charge >= 0.3 is 0 Å². The fraction of sp³-hybridized carbons (Fsp3) is 0.357. The first-order valence-electron chi connectivity index (χ1n) is 6.38. The van der Waals surface area contributed by atoms with E-state index in [1.165, 1.54) is 4.90 Å². The average Bonchev–Trinajstić information content (AvgIpc) is 2.65. The molecule has 0 bridgehead atoms. The molecule has 1 heterocycles. The Kier molecular flexibility index (Phi) is 4.74. The number of hydrogen-bond donors (Lipinski definition) is 1. The van der Waals surface area contributed by atoms with Crippen LogP contribution in [0.3, 0.4) is 0 Å². The van der Waals surface area contributed by atoms with Crippen molar-refractivity contribution in [3.8, 4) is 0 Å². The molecule has 0 radical (unpaired) electrons. The molecule has 0 saturated carbocycles. The van der Waals surface area contributed by atoms with E-state index in [4.69, 9.17) is 4.74 Å². The number of ether oxygens (including phenoxy) is 1. The lowest BCUT2D eigenvalue weighted by atomic mass is 10.1. The number of carbonyl (C=O) groups is 3. The molecule has 21 heavy (non-hydrogen) atoms. The van der Waals surface area contributed by atoms with Crippen LogP contribution in [-0.2, 0) is 14.3 Å². The van der Waals surface area contributed by atoms with Gasteiger partial charge in [0.05, 0.1) is 17.9 Å². The number of rotatable bonds is 5. The van der Waals surface area contributed by atoms with Gasteiger partial charge in [-0.3, -0.25) is 19.3 Å². The summed E-state index contributed by atoms with van der Waals surface area (Å²) in [6.45, 7) is 1.97. The van der Waals surface area contributed by atoms with Crippen molar-refractivity contribution in [1.82, 2.24) is 5.32 Å². The third-order valence-electron chi connectivity index (χ3n) is 3.07. The minimum Gasteiger partial charge on any atom is -0.383 e. The first kappa shape index (κ1) is 15.7. The number of halogens is 1. The summed E-state index contributed by atoms with van der Waals surface area (Å²) < 4.78 is 5.54. The van der Waals surface area contributed by atoms with Crippen LogP contribution in [0.1, 0.15) is 17.3 Å². The summed E-state index contributed by atoms with van der Waals surface area (Å²) in [6, 6.07) is 4.81. The molecule has 6 nitrogen and oxygen atoms in total. The van der Waals surface area contributed by atoms with E-state index in [2.05, 4.69) is 21.2 Å². The Morgan fingerprint density at radius 1 is 1.43 bits per heavy atom. The van der Waals surface area contributed by atoms with Gasteiger partial charge < -0.3 is 10.1 Å². The molecule has 2 rings (SSSR count). The molecule has 0 aliphatic carbocycles. The number of carbonyl (C=O) groups excluding carboxylic acids is 3. The minimum atomic E-state index is -0.688. The zero-order valence-electron chi connectivity index (χ0n) is 11.7. The monoisotopic (exact) mass is 354 g/mol. The van der Waals surface area contributed by atoms with Gasteiger partial charge in [0.25, 0.3) is 11.7 Å². The molecule has 1 N–H and O–H groups in total. The van der Waals surface area contributed by atoms with E-state index in [0.29, 0.717) is 22.3 Å². The van der Waals surface area contributed by atoms with E-state index in [9.17, 15) is 14.4 Å². The lowest BCUT2D eigenvalue weighted by Crippen LogP contribution is -2.44. The van der Waals surface area contributed by atoms with Crippen molar-refractivity contribution in [3.63, 3.8) is 0 Å². The summed E-state index contributed by atoms with van der Waals surface area (Å²) in [5, 5.41) is 2.71. The number of Topliss-reactive ketones (excluding diaryl/α,β-unsaturated/α-hetero) is 1. The van der Waals surface area contributed by atoms with Crippen molar-refractivity contribution in [2.45, 2.75) is 13.0 Å². The fourth-order valence-electron chi connectivity index (χ4n) is 2.22. The highest BCUT2D eigenvalue weighted by molar-refractivity contribution is 9.10. The van der Waals surface area contributed by atoms with Crippen LogP contribution in [0.2, 0.25) is 0 Å². The maximum absolute atomic E-state index is 12.0. The number of benzene rings is 1. The molecular formula is C14H15BrN2O4. The second kappa shape index (κ2) is 6.36. The summed E-state index contributed by atoms with van der Waals surface area (Å²) in [6.07, 6.45) is 0. The number of methoxy groups -OCH3 is 1. The van der Waals surface area contributed by atoms with Gasteiger partial charge in [-0.25, -0.2) is 0 Å². The van der Waals surface area contributed by atoms with Crippen molar-refractivity contribution < 1.29 is 19.1 Å². The number of anilines is 1. The zero-order chi connectivity index (χ0) is 15.6. The second-order valence-electron chi connectivity index (χ2n) is 4.78. The SMILES string of the molecule is COCC(C)NC(=O)CN1C(=O)C(=O)c2cccc(Br)c21. The smallest absolute Gasteiger partial charge is 0.299 e. The molecule has 1 aromatic carbocycles. The highest BCUT2D eigenvalue weighted by Crippen LogP contribution is 2.35. The van der Waals surface area contributed by atoms with E-state index in [-0.39, 0.29) is 18.5 Å². The van der Waals surface area contributed by atoms with Gasteiger partial charge in [-0.15, -0.1) is 0 Å². The standard InChI is InChI=1S/C14H15BrN2O4/c1-8(7-21-2)16-11(18)6-17-12-9(13(19)14(17)20)4-3-5-10(12)15/h3-5,8H,6-7H2,1-2H3,(H,16,18). The lowest BCUT2D eigenvalue weighted by molar-refractivity contribution is -0.122. The summed E-state index contributed by atoms with van der Waals surface area (Å²) in [5.41, 5.74) is 0.758. The van der Waals surface area contributed by atoms with Crippen molar-refractivity contribution >= 4 is 39.2 Å². The van der Waals surface area contributed by atoms with E-state index >= 15 is 0 Å². The van der Waals surface area contributed by atoms with E-state index in [1.807, 2.05) is 0 Å². The van der Waals surface area contributed by atoms with Crippen LogP contribution >= 0.6 is 15.9 Å². The Hall–Kier alpha value is -1.73.